The number of nitrogens with zero attached hydrogens (tertiary/aromatic N) is 2. The molecule has 224 valence electrons. The summed E-state index contributed by atoms with van der Waals surface area (Å²) in [4.78, 5) is 32.6. The fourth-order valence-corrected chi connectivity index (χ4v) is 5.27. The minimum Gasteiger partial charge on any atom is -0.361 e. The van der Waals surface area contributed by atoms with Crippen molar-refractivity contribution in [3.05, 3.63) is 112 Å². The molecule has 1 aliphatic rings. The number of H-pyrrole nitrogens is 1. The van der Waals surface area contributed by atoms with Gasteiger partial charge in [-0.1, -0.05) is 41.9 Å². The molecule has 43 heavy (non-hydrogen) atoms. The van der Waals surface area contributed by atoms with E-state index in [0.717, 1.165) is 22.0 Å². The first-order chi connectivity index (χ1) is 20.3. The van der Waals surface area contributed by atoms with Crippen molar-refractivity contribution in [2.75, 3.05) is 19.6 Å². The van der Waals surface area contributed by atoms with E-state index in [2.05, 4.69) is 4.98 Å². The maximum absolute atomic E-state index is 13.6. The number of benzene rings is 3. The average molecular weight is 620 g/mol. The molecule has 2 amide bonds. The first-order valence-electron chi connectivity index (χ1n) is 13.2. The molecule has 0 radical (unpaired) electrons. The van der Waals surface area contributed by atoms with Gasteiger partial charge in [0.15, 0.2) is 0 Å². The van der Waals surface area contributed by atoms with Gasteiger partial charge < -0.3 is 14.8 Å². The lowest BCUT2D eigenvalue weighted by atomic mass is 9.98. The van der Waals surface area contributed by atoms with Crippen molar-refractivity contribution in [2.45, 2.75) is 24.8 Å². The highest BCUT2D eigenvalue weighted by molar-refractivity contribution is 6.30. The van der Waals surface area contributed by atoms with Crippen molar-refractivity contribution in [1.29, 1.82) is 0 Å². The average Bonchev–Trinajstić information content (AvgIpc) is 3.38. The Labute approximate surface area is 247 Å². The SMILES string of the molecule is O=C(/C=C/c1ccc(Cl)cc1)N1CCN(C(=O)c2cc(C(F)(F)F)cc(C(F)(F)F)c2)C(Cc2c[nH]c3ccccc23)C1. The second-order valence-electron chi connectivity index (χ2n) is 10.2. The number of carbonyl (C=O) groups is 2. The summed E-state index contributed by atoms with van der Waals surface area (Å²) in [5.74, 6) is -1.34. The molecular weight excluding hydrogens is 596 g/mol. The van der Waals surface area contributed by atoms with Crippen LogP contribution in [0, 0.1) is 0 Å². The Balaban J connectivity index is 1.46. The predicted octanol–water partition coefficient (Wildman–Crippen LogP) is 7.47. The lowest BCUT2D eigenvalue weighted by Crippen LogP contribution is -2.57. The van der Waals surface area contributed by atoms with E-state index >= 15 is 0 Å². The largest absolute Gasteiger partial charge is 0.416 e. The van der Waals surface area contributed by atoms with Gasteiger partial charge in [0.25, 0.3) is 5.91 Å². The summed E-state index contributed by atoms with van der Waals surface area (Å²) in [6, 6.07) is 14.3. The number of hydrogen-bond acceptors (Lipinski definition) is 2. The van der Waals surface area contributed by atoms with Gasteiger partial charge in [0, 0.05) is 53.4 Å². The van der Waals surface area contributed by atoms with E-state index < -0.39 is 41.0 Å². The summed E-state index contributed by atoms with van der Waals surface area (Å²) in [6.07, 6.45) is -5.29. The van der Waals surface area contributed by atoms with Crippen LogP contribution in [0.4, 0.5) is 26.3 Å². The molecule has 0 spiro atoms. The molecule has 2 heterocycles. The van der Waals surface area contributed by atoms with E-state index in [1.807, 2.05) is 24.3 Å². The number of aromatic amines is 1. The highest BCUT2D eigenvalue weighted by Crippen LogP contribution is 2.37. The third-order valence-electron chi connectivity index (χ3n) is 7.31. The monoisotopic (exact) mass is 619 g/mol. The lowest BCUT2D eigenvalue weighted by molar-refractivity contribution is -0.143. The molecule has 0 aliphatic carbocycles. The quantitative estimate of drug-likeness (QED) is 0.186. The summed E-state index contributed by atoms with van der Waals surface area (Å²) in [7, 11) is 0. The molecule has 0 saturated carbocycles. The smallest absolute Gasteiger partial charge is 0.361 e. The van der Waals surface area contributed by atoms with Gasteiger partial charge in [-0.25, -0.2) is 0 Å². The van der Waals surface area contributed by atoms with Crippen LogP contribution in [0.5, 0.6) is 0 Å². The second kappa shape index (κ2) is 11.8. The zero-order valence-corrected chi connectivity index (χ0v) is 23.1. The number of para-hydroxylation sites is 1. The fourth-order valence-electron chi connectivity index (χ4n) is 5.14. The molecule has 3 aromatic carbocycles. The lowest BCUT2D eigenvalue weighted by Gasteiger charge is -2.41. The number of nitrogens with one attached hydrogen (secondary N) is 1. The van der Waals surface area contributed by atoms with Gasteiger partial charge in [-0.15, -0.1) is 0 Å². The first kappa shape index (κ1) is 30.2. The molecular formula is C31H24ClF6N3O2. The Kier molecular flexibility index (Phi) is 8.29. The maximum Gasteiger partial charge on any atom is 0.416 e. The summed E-state index contributed by atoms with van der Waals surface area (Å²) >= 11 is 5.91. The summed E-state index contributed by atoms with van der Waals surface area (Å²) in [6.45, 7) is -0.0465. The van der Waals surface area contributed by atoms with Crippen LogP contribution in [0.3, 0.4) is 0 Å². The Hall–Kier alpha value is -4.25. The van der Waals surface area contributed by atoms with Gasteiger partial charge in [-0.05, 0) is 60.0 Å². The number of rotatable bonds is 5. The van der Waals surface area contributed by atoms with Crippen molar-refractivity contribution in [1.82, 2.24) is 14.8 Å². The van der Waals surface area contributed by atoms with E-state index in [1.165, 1.54) is 15.9 Å². The van der Waals surface area contributed by atoms with E-state index in [0.29, 0.717) is 17.2 Å². The molecule has 1 aromatic heterocycles. The molecule has 4 aromatic rings. The van der Waals surface area contributed by atoms with Crippen LogP contribution in [0.1, 0.15) is 32.6 Å². The number of halogens is 7. The Bertz CT molecular complexity index is 1650. The number of carbonyl (C=O) groups excluding carboxylic acids is 2. The minimum absolute atomic E-state index is 0.0101. The van der Waals surface area contributed by atoms with Crippen LogP contribution in [0.2, 0.25) is 5.02 Å². The Morgan fingerprint density at radius 3 is 2.21 bits per heavy atom. The number of piperazine rings is 1. The van der Waals surface area contributed by atoms with Crippen LogP contribution in [0.25, 0.3) is 17.0 Å². The Morgan fingerprint density at radius 1 is 0.907 bits per heavy atom. The van der Waals surface area contributed by atoms with Crippen LogP contribution >= 0.6 is 11.6 Å². The standard InChI is InChI=1S/C31H24ClF6N3O2/c32-24-8-5-19(6-9-24)7-10-28(42)40-11-12-41(25(18-40)15-21-17-39-27-4-2-1-3-26(21)27)29(43)20-13-22(30(33,34)35)16-23(14-20)31(36,37)38/h1-10,13-14,16-17,25,39H,11-12,15,18H2/b10-7+. The molecule has 1 aliphatic heterocycles. The fraction of sp³-hybridized carbons (Fsp3) is 0.226. The molecule has 5 nitrogen and oxygen atoms in total. The molecule has 1 saturated heterocycles. The van der Waals surface area contributed by atoms with Crippen LogP contribution in [-0.4, -0.2) is 52.3 Å². The third-order valence-corrected chi connectivity index (χ3v) is 7.56. The summed E-state index contributed by atoms with van der Waals surface area (Å²) in [5, 5.41) is 1.38. The molecule has 1 N–H and O–H groups in total. The van der Waals surface area contributed by atoms with Gasteiger partial charge >= 0.3 is 12.4 Å². The number of fused-ring (bicyclic) bond motifs is 1. The normalized spacial score (nSPS) is 16.3. The first-order valence-corrected chi connectivity index (χ1v) is 13.6. The van der Waals surface area contributed by atoms with E-state index in [1.54, 1.807) is 36.5 Å². The third kappa shape index (κ3) is 6.88. The number of aromatic nitrogens is 1. The van der Waals surface area contributed by atoms with Crippen molar-refractivity contribution in [3.8, 4) is 0 Å². The number of hydrogen-bond donors (Lipinski definition) is 1. The molecule has 5 rings (SSSR count). The van der Waals surface area contributed by atoms with Gasteiger partial charge in [0.2, 0.25) is 5.91 Å². The molecule has 12 heteroatoms. The second-order valence-corrected chi connectivity index (χ2v) is 10.6. The van der Waals surface area contributed by atoms with Crippen molar-refractivity contribution in [2.24, 2.45) is 0 Å². The zero-order chi connectivity index (χ0) is 30.9. The molecule has 1 atom stereocenters. The van der Waals surface area contributed by atoms with Gasteiger partial charge in [-0.3, -0.25) is 9.59 Å². The van der Waals surface area contributed by atoms with Gasteiger partial charge in [0.1, 0.15) is 0 Å². The Morgan fingerprint density at radius 2 is 1.56 bits per heavy atom. The topological polar surface area (TPSA) is 56.4 Å². The zero-order valence-electron chi connectivity index (χ0n) is 22.3. The van der Waals surface area contributed by atoms with Crippen LogP contribution in [-0.2, 0) is 23.6 Å². The predicted molar refractivity (Wildman–Crippen MR) is 150 cm³/mol. The van der Waals surface area contributed by atoms with Gasteiger partial charge in [0.05, 0.1) is 17.2 Å². The number of alkyl halides is 6. The molecule has 1 fully saturated rings. The molecule has 1 unspecified atom stereocenters. The minimum atomic E-state index is -5.10. The van der Waals surface area contributed by atoms with Crippen LogP contribution in [0.15, 0.2) is 79.0 Å². The molecule has 0 bridgehead atoms. The highest BCUT2D eigenvalue weighted by Gasteiger charge is 2.39. The number of amides is 2. The van der Waals surface area contributed by atoms with E-state index in [-0.39, 0.29) is 38.0 Å². The van der Waals surface area contributed by atoms with E-state index in [9.17, 15) is 35.9 Å². The summed E-state index contributed by atoms with van der Waals surface area (Å²) < 4.78 is 81.1. The van der Waals surface area contributed by atoms with Crippen molar-refractivity contribution >= 4 is 40.4 Å². The van der Waals surface area contributed by atoms with Crippen molar-refractivity contribution < 1.29 is 35.9 Å². The highest BCUT2D eigenvalue weighted by atomic mass is 35.5. The van der Waals surface area contributed by atoms with E-state index in [4.69, 9.17) is 11.6 Å². The summed E-state index contributed by atoms with van der Waals surface area (Å²) in [5.41, 5.74) is -1.54. The maximum atomic E-state index is 13.6. The van der Waals surface area contributed by atoms with Gasteiger partial charge in [-0.2, -0.15) is 26.3 Å². The van der Waals surface area contributed by atoms with Crippen molar-refractivity contribution in [3.63, 3.8) is 0 Å². The van der Waals surface area contributed by atoms with Crippen LogP contribution < -0.4 is 0 Å².